The topological polar surface area (TPSA) is 75.7 Å². The molecule has 0 bridgehead atoms. The minimum atomic E-state index is -3.82. The van der Waals surface area contributed by atoms with Crippen LogP contribution in [0.2, 0.25) is 10.0 Å². The highest BCUT2D eigenvalue weighted by atomic mass is 35.5. The van der Waals surface area contributed by atoms with E-state index in [1.165, 1.54) is 48.8 Å². The third kappa shape index (κ3) is 5.37. The van der Waals surface area contributed by atoms with E-state index in [0.717, 1.165) is 5.56 Å². The Bertz CT molecular complexity index is 1200. The van der Waals surface area contributed by atoms with Crippen molar-refractivity contribution in [3.05, 3.63) is 87.9 Å². The lowest BCUT2D eigenvalue weighted by Crippen LogP contribution is -2.26. The molecule has 3 rings (SSSR count). The van der Waals surface area contributed by atoms with Crippen molar-refractivity contribution in [1.82, 2.24) is 4.31 Å². The predicted molar refractivity (Wildman–Crippen MR) is 123 cm³/mol. The van der Waals surface area contributed by atoms with Crippen LogP contribution in [0.3, 0.4) is 0 Å². The molecule has 0 fully saturated rings. The normalized spacial score (nSPS) is 11.4. The minimum Gasteiger partial charge on any atom is -0.495 e. The quantitative estimate of drug-likeness (QED) is 0.513. The summed E-state index contributed by atoms with van der Waals surface area (Å²) in [5, 5.41) is 3.24. The van der Waals surface area contributed by atoms with Gasteiger partial charge in [0.25, 0.3) is 5.91 Å². The van der Waals surface area contributed by atoms with Crippen LogP contribution in [0.15, 0.2) is 71.6 Å². The van der Waals surface area contributed by atoms with Crippen molar-refractivity contribution in [3.8, 4) is 5.75 Å². The number of nitrogens with zero attached hydrogens (tertiary/aromatic N) is 1. The van der Waals surface area contributed by atoms with Gasteiger partial charge in [-0.1, -0.05) is 53.5 Å². The Labute approximate surface area is 191 Å². The number of nitrogens with one attached hydrogen (secondary N) is 1. The number of benzene rings is 3. The zero-order chi connectivity index (χ0) is 22.6. The molecular formula is C22H20Cl2N2O4S. The van der Waals surface area contributed by atoms with Gasteiger partial charge in [-0.15, -0.1) is 0 Å². The summed E-state index contributed by atoms with van der Waals surface area (Å²) in [5.41, 5.74) is 1.25. The molecule has 0 unspecified atom stereocenters. The van der Waals surface area contributed by atoms with Gasteiger partial charge in [-0.25, -0.2) is 8.42 Å². The third-order valence-electron chi connectivity index (χ3n) is 4.55. The van der Waals surface area contributed by atoms with Crippen molar-refractivity contribution in [2.45, 2.75) is 11.4 Å². The Morgan fingerprint density at radius 3 is 2.39 bits per heavy atom. The summed E-state index contributed by atoms with van der Waals surface area (Å²) in [6.07, 6.45) is 0. The SMILES string of the molecule is COc1ccc(S(=O)(=O)N(C)Cc2ccccc2)cc1NC(=O)c1ccc(Cl)cc1Cl. The van der Waals surface area contributed by atoms with E-state index in [1.54, 1.807) is 6.07 Å². The molecule has 0 saturated carbocycles. The first-order valence-electron chi connectivity index (χ1n) is 9.17. The number of carbonyl (C=O) groups is 1. The molecule has 9 heteroatoms. The van der Waals surface area contributed by atoms with Gasteiger partial charge in [0.15, 0.2) is 0 Å². The number of ether oxygens (including phenoxy) is 1. The summed E-state index contributed by atoms with van der Waals surface area (Å²) in [4.78, 5) is 12.7. The van der Waals surface area contributed by atoms with Crippen molar-refractivity contribution in [1.29, 1.82) is 0 Å². The number of rotatable bonds is 7. The fourth-order valence-corrected chi connectivity index (χ4v) is 4.59. The number of halogens is 2. The van der Waals surface area contributed by atoms with E-state index in [2.05, 4.69) is 5.32 Å². The van der Waals surface area contributed by atoms with Gasteiger partial charge in [-0.2, -0.15) is 4.31 Å². The molecule has 0 aromatic heterocycles. The zero-order valence-electron chi connectivity index (χ0n) is 16.8. The Morgan fingerprint density at radius 2 is 1.74 bits per heavy atom. The van der Waals surface area contributed by atoms with Crippen molar-refractivity contribution in [2.24, 2.45) is 0 Å². The molecule has 6 nitrogen and oxygen atoms in total. The second-order valence-electron chi connectivity index (χ2n) is 6.69. The van der Waals surface area contributed by atoms with Crippen LogP contribution in [0.5, 0.6) is 5.75 Å². The highest BCUT2D eigenvalue weighted by Gasteiger charge is 2.23. The molecule has 1 N–H and O–H groups in total. The number of sulfonamides is 1. The third-order valence-corrected chi connectivity index (χ3v) is 6.90. The van der Waals surface area contributed by atoms with Crippen LogP contribution in [0, 0.1) is 0 Å². The lowest BCUT2D eigenvalue weighted by Gasteiger charge is -2.19. The summed E-state index contributed by atoms with van der Waals surface area (Å²) in [7, 11) is -0.891. The fourth-order valence-electron chi connectivity index (χ4n) is 2.91. The van der Waals surface area contributed by atoms with E-state index >= 15 is 0 Å². The molecule has 0 radical (unpaired) electrons. The maximum absolute atomic E-state index is 13.1. The van der Waals surface area contributed by atoms with Crippen LogP contribution < -0.4 is 10.1 Å². The van der Waals surface area contributed by atoms with Gasteiger partial charge in [0, 0.05) is 18.6 Å². The maximum atomic E-state index is 13.1. The molecule has 0 heterocycles. The lowest BCUT2D eigenvalue weighted by atomic mass is 10.2. The number of carbonyl (C=O) groups excluding carboxylic acids is 1. The average molecular weight is 479 g/mol. The molecule has 162 valence electrons. The first kappa shape index (κ1) is 23.1. The first-order chi connectivity index (χ1) is 14.7. The Hall–Kier alpha value is -2.58. The van der Waals surface area contributed by atoms with Crippen molar-refractivity contribution in [3.63, 3.8) is 0 Å². The highest BCUT2D eigenvalue weighted by Crippen LogP contribution is 2.30. The van der Waals surface area contributed by atoms with E-state index in [9.17, 15) is 13.2 Å². The Kier molecular flexibility index (Phi) is 7.23. The molecule has 0 atom stereocenters. The van der Waals surface area contributed by atoms with Crippen LogP contribution in [0.25, 0.3) is 0 Å². The van der Waals surface area contributed by atoms with Crippen LogP contribution in [0.1, 0.15) is 15.9 Å². The van der Waals surface area contributed by atoms with Crippen LogP contribution in [0.4, 0.5) is 5.69 Å². The van der Waals surface area contributed by atoms with Gasteiger partial charge >= 0.3 is 0 Å². The second-order valence-corrected chi connectivity index (χ2v) is 9.58. The molecule has 0 aliphatic rings. The Balaban J connectivity index is 1.89. The lowest BCUT2D eigenvalue weighted by molar-refractivity contribution is 0.102. The van der Waals surface area contributed by atoms with Gasteiger partial charge in [0.05, 0.1) is 28.3 Å². The summed E-state index contributed by atoms with van der Waals surface area (Å²) in [5.74, 6) is -0.213. The molecule has 3 aromatic rings. The maximum Gasteiger partial charge on any atom is 0.257 e. The average Bonchev–Trinajstić information content (AvgIpc) is 2.74. The van der Waals surface area contributed by atoms with E-state index in [1.807, 2.05) is 30.3 Å². The molecule has 1 amide bonds. The predicted octanol–water partition coefficient (Wildman–Crippen LogP) is 5.08. The summed E-state index contributed by atoms with van der Waals surface area (Å²) < 4.78 is 32.7. The first-order valence-corrected chi connectivity index (χ1v) is 11.4. The van der Waals surface area contributed by atoms with Crippen molar-refractivity contribution in [2.75, 3.05) is 19.5 Å². The van der Waals surface area contributed by atoms with E-state index < -0.39 is 15.9 Å². The number of hydrogen-bond donors (Lipinski definition) is 1. The van der Waals surface area contributed by atoms with Gasteiger partial charge in [0.2, 0.25) is 10.0 Å². The molecule has 0 spiro atoms. The number of hydrogen-bond acceptors (Lipinski definition) is 4. The molecule has 31 heavy (non-hydrogen) atoms. The monoisotopic (exact) mass is 478 g/mol. The Morgan fingerprint density at radius 1 is 1.03 bits per heavy atom. The van der Waals surface area contributed by atoms with Crippen LogP contribution in [-0.4, -0.2) is 32.8 Å². The highest BCUT2D eigenvalue weighted by molar-refractivity contribution is 7.89. The van der Waals surface area contributed by atoms with Crippen LogP contribution in [-0.2, 0) is 16.6 Å². The standard InChI is InChI=1S/C22H20Cl2N2O4S/c1-26(14-15-6-4-3-5-7-15)31(28,29)17-9-11-21(30-2)20(13-17)25-22(27)18-10-8-16(23)12-19(18)24/h3-13H,14H2,1-2H3,(H,25,27). The van der Waals surface area contributed by atoms with E-state index in [-0.39, 0.29) is 27.7 Å². The zero-order valence-corrected chi connectivity index (χ0v) is 19.1. The summed E-state index contributed by atoms with van der Waals surface area (Å²) >= 11 is 12.0. The van der Waals surface area contributed by atoms with Gasteiger partial charge in [-0.05, 0) is 42.0 Å². The molecule has 0 aliphatic carbocycles. The molecule has 3 aromatic carbocycles. The van der Waals surface area contributed by atoms with Crippen molar-refractivity contribution >= 4 is 44.8 Å². The van der Waals surface area contributed by atoms with E-state index in [4.69, 9.17) is 27.9 Å². The van der Waals surface area contributed by atoms with E-state index in [0.29, 0.717) is 10.8 Å². The smallest absolute Gasteiger partial charge is 0.257 e. The fraction of sp³-hybridized carbons (Fsp3) is 0.136. The molecule has 0 aliphatic heterocycles. The van der Waals surface area contributed by atoms with Gasteiger partial charge < -0.3 is 10.1 Å². The van der Waals surface area contributed by atoms with Gasteiger partial charge in [0.1, 0.15) is 5.75 Å². The second kappa shape index (κ2) is 9.70. The number of anilines is 1. The summed E-state index contributed by atoms with van der Waals surface area (Å²) in [6, 6.07) is 18.0. The molecule has 0 saturated heterocycles. The minimum absolute atomic E-state index is 0.0178. The van der Waals surface area contributed by atoms with Gasteiger partial charge in [-0.3, -0.25) is 4.79 Å². The van der Waals surface area contributed by atoms with Crippen molar-refractivity contribution < 1.29 is 17.9 Å². The van der Waals surface area contributed by atoms with Crippen LogP contribution >= 0.6 is 23.2 Å². The number of methoxy groups -OCH3 is 1. The largest absolute Gasteiger partial charge is 0.495 e. The summed E-state index contributed by atoms with van der Waals surface area (Å²) in [6.45, 7) is 0.206. The molecular weight excluding hydrogens is 459 g/mol. The number of amides is 1.